The minimum atomic E-state index is -0.131. The molecule has 1 aromatic rings. The van der Waals surface area contributed by atoms with Gasteiger partial charge in [0.05, 0.1) is 0 Å². The van der Waals surface area contributed by atoms with Crippen molar-refractivity contribution in [1.82, 2.24) is 0 Å². The van der Waals surface area contributed by atoms with Gasteiger partial charge in [0, 0.05) is 5.41 Å². The lowest BCUT2D eigenvalue weighted by atomic mass is 9.76. The first kappa shape index (κ1) is 15.4. The molecule has 0 radical (unpaired) electrons. The molecule has 0 saturated heterocycles. The molecule has 0 saturated carbocycles. The molecule has 0 fully saturated rings. The summed E-state index contributed by atoms with van der Waals surface area (Å²) in [7, 11) is 0. The molecule has 1 aromatic carbocycles. The van der Waals surface area contributed by atoms with Gasteiger partial charge in [-0.1, -0.05) is 48.9 Å². The zero-order valence-corrected chi connectivity index (χ0v) is 12.7. The first-order chi connectivity index (χ1) is 8.89. The highest BCUT2D eigenvalue weighted by Gasteiger charge is 2.24. The van der Waals surface area contributed by atoms with Crippen LogP contribution in [0.2, 0.25) is 0 Å². The number of hydrogen-bond donors (Lipinski definition) is 0. The molecule has 0 bridgehead atoms. The molecule has 0 amide bonds. The molecule has 0 aromatic heterocycles. The van der Waals surface area contributed by atoms with Crippen LogP contribution in [-0.4, -0.2) is 6.29 Å². The fraction of sp³-hybridized carbons (Fsp3) is 0.389. The van der Waals surface area contributed by atoms with E-state index in [-0.39, 0.29) is 5.41 Å². The maximum Gasteiger partial charge on any atom is 0.145 e. The van der Waals surface area contributed by atoms with E-state index in [4.69, 9.17) is 0 Å². The molecule has 19 heavy (non-hydrogen) atoms. The minimum absolute atomic E-state index is 0.131. The van der Waals surface area contributed by atoms with Crippen molar-refractivity contribution in [3.63, 3.8) is 0 Å². The Morgan fingerprint density at radius 3 is 2.37 bits per heavy atom. The number of benzene rings is 1. The highest BCUT2D eigenvalue weighted by Crippen LogP contribution is 2.33. The number of aldehydes is 1. The fourth-order valence-electron chi connectivity index (χ4n) is 2.41. The number of hydrogen-bond acceptors (Lipinski definition) is 1. The molecule has 0 aliphatic heterocycles. The van der Waals surface area contributed by atoms with Gasteiger partial charge in [-0.3, -0.25) is 4.79 Å². The number of rotatable bonds is 5. The molecule has 0 spiro atoms. The molecule has 0 aliphatic carbocycles. The van der Waals surface area contributed by atoms with Crippen molar-refractivity contribution in [2.75, 3.05) is 0 Å². The van der Waals surface area contributed by atoms with Gasteiger partial charge in [0.25, 0.3) is 0 Å². The van der Waals surface area contributed by atoms with Gasteiger partial charge in [-0.25, -0.2) is 0 Å². The molecule has 102 valence electrons. The Balaban J connectivity index is 3.30. The molecule has 0 heterocycles. The first-order valence-electron chi connectivity index (χ1n) is 6.73. The van der Waals surface area contributed by atoms with Gasteiger partial charge in [0.1, 0.15) is 6.29 Å². The Hall–Kier alpha value is -1.63. The van der Waals surface area contributed by atoms with Gasteiger partial charge < -0.3 is 0 Å². The lowest BCUT2D eigenvalue weighted by molar-refractivity contribution is -0.104. The van der Waals surface area contributed by atoms with Crippen LogP contribution < -0.4 is 0 Å². The average molecular weight is 256 g/mol. The van der Waals surface area contributed by atoms with Crippen molar-refractivity contribution in [2.45, 2.75) is 46.5 Å². The maximum absolute atomic E-state index is 11.0. The van der Waals surface area contributed by atoms with Gasteiger partial charge in [-0.05, 0) is 50.8 Å². The Morgan fingerprint density at radius 2 is 1.84 bits per heavy atom. The van der Waals surface area contributed by atoms with Crippen LogP contribution in [0.4, 0.5) is 0 Å². The predicted molar refractivity (Wildman–Crippen MR) is 82.4 cm³/mol. The van der Waals surface area contributed by atoms with E-state index >= 15 is 0 Å². The summed E-state index contributed by atoms with van der Waals surface area (Å²) in [4.78, 5) is 11.0. The van der Waals surface area contributed by atoms with Gasteiger partial charge in [-0.2, -0.15) is 0 Å². The lowest BCUT2D eigenvalue weighted by Gasteiger charge is -2.28. The van der Waals surface area contributed by atoms with Gasteiger partial charge in [-0.15, -0.1) is 0 Å². The van der Waals surface area contributed by atoms with Crippen LogP contribution in [0, 0.1) is 6.92 Å². The maximum atomic E-state index is 11.0. The van der Waals surface area contributed by atoms with E-state index in [0.717, 1.165) is 18.3 Å². The summed E-state index contributed by atoms with van der Waals surface area (Å²) < 4.78 is 0. The largest absolute Gasteiger partial charge is 0.298 e. The standard InChI is InChI=1S/C18H24O/c1-14(2)10-11-18(5,12-15(3)13-19)17-9-7-6-8-16(17)4/h6-10,12-13H,11H2,1-5H3. The molecule has 1 atom stereocenters. The number of aryl methyl sites for hydroxylation is 1. The second kappa shape index (κ2) is 6.51. The Bertz CT molecular complexity index is 504. The Kier molecular flexibility index (Phi) is 5.29. The van der Waals surface area contributed by atoms with Gasteiger partial charge in [0.15, 0.2) is 0 Å². The van der Waals surface area contributed by atoms with Crippen molar-refractivity contribution in [3.05, 3.63) is 58.7 Å². The molecule has 0 aliphatic rings. The molecular formula is C18H24O. The Morgan fingerprint density at radius 1 is 1.21 bits per heavy atom. The van der Waals surface area contributed by atoms with Crippen LogP contribution in [0.25, 0.3) is 0 Å². The van der Waals surface area contributed by atoms with Gasteiger partial charge >= 0.3 is 0 Å². The highest BCUT2D eigenvalue weighted by molar-refractivity contribution is 5.72. The zero-order valence-electron chi connectivity index (χ0n) is 12.7. The van der Waals surface area contributed by atoms with E-state index in [1.165, 1.54) is 16.7 Å². The quantitative estimate of drug-likeness (QED) is 0.422. The van der Waals surface area contributed by atoms with Crippen LogP contribution >= 0.6 is 0 Å². The third-order valence-electron chi connectivity index (χ3n) is 3.43. The summed E-state index contributed by atoms with van der Waals surface area (Å²) in [5, 5.41) is 0. The van der Waals surface area contributed by atoms with Crippen LogP contribution in [-0.2, 0) is 10.2 Å². The van der Waals surface area contributed by atoms with E-state index in [2.05, 4.69) is 64.1 Å². The number of carbonyl (C=O) groups excluding carboxylic acids is 1. The van der Waals surface area contributed by atoms with Gasteiger partial charge in [0.2, 0.25) is 0 Å². The van der Waals surface area contributed by atoms with Crippen molar-refractivity contribution in [3.8, 4) is 0 Å². The van der Waals surface area contributed by atoms with Crippen LogP contribution in [0.5, 0.6) is 0 Å². The molecule has 0 N–H and O–H groups in total. The van der Waals surface area contributed by atoms with Crippen LogP contribution in [0.3, 0.4) is 0 Å². The van der Waals surface area contributed by atoms with E-state index in [9.17, 15) is 4.79 Å². The smallest absolute Gasteiger partial charge is 0.145 e. The number of carbonyl (C=O) groups is 1. The minimum Gasteiger partial charge on any atom is -0.298 e. The normalized spacial score (nSPS) is 14.7. The summed E-state index contributed by atoms with van der Waals surface area (Å²) >= 11 is 0. The predicted octanol–water partition coefficient (Wildman–Crippen LogP) is 4.75. The highest BCUT2D eigenvalue weighted by atomic mass is 16.1. The second-order valence-electron chi connectivity index (χ2n) is 5.72. The summed E-state index contributed by atoms with van der Waals surface area (Å²) in [6.45, 7) is 10.4. The summed E-state index contributed by atoms with van der Waals surface area (Å²) in [6.07, 6.45) is 6.16. The third-order valence-corrected chi connectivity index (χ3v) is 3.43. The van der Waals surface area contributed by atoms with Crippen molar-refractivity contribution in [2.24, 2.45) is 0 Å². The topological polar surface area (TPSA) is 17.1 Å². The first-order valence-corrected chi connectivity index (χ1v) is 6.73. The summed E-state index contributed by atoms with van der Waals surface area (Å²) in [5.41, 5.74) is 4.51. The molecular weight excluding hydrogens is 232 g/mol. The number of allylic oxidation sites excluding steroid dienone is 4. The lowest BCUT2D eigenvalue weighted by Crippen LogP contribution is -2.20. The Labute approximate surface area is 117 Å². The van der Waals surface area contributed by atoms with Crippen molar-refractivity contribution in [1.29, 1.82) is 0 Å². The fourth-order valence-corrected chi connectivity index (χ4v) is 2.41. The second-order valence-corrected chi connectivity index (χ2v) is 5.72. The monoisotopic (exact) mass is 256 g/mol. The molecule has 1 rings (SSSR count). The molecule has 1 unspecified atom stereocenters. The molecule has 1 heteroatoms. The van der Waals surface area contributed by atoms with Crippen molar-refractivity contribution < 1.29 is 4.79 Å². The van der Waals surface area contributed by atoms with Crippen LogP contribution in [0.1, 0.15) is 45.2 Å². The van der Waals surface area contributed by atoms with E-state index in [1.54, 1.807) is 0 Å². The SMILES string of the molecule is CC(C)=CCC(C)(C=C(C)C=O)c1ccccc1C. The van der Waals surface area contributed by atoms with E-state index < -0.39 is 0 Å². The van der Waals surface area contributed by atoms with E-state index in [1.807, 2.05) is 6.92 Å². The summed E-state index contributed by atoms with van der Waals surface area (Å²) in [6, 6.07) is 8.40. The van der Waals surface area contributed by atoms with E-state index in [0.29, 0.717) is 0 Å². The summed E-state index contributed by atoms with van der Waals surface area (Å²) in [5.74, 6) is 0. The average Bonchev–Trinajstić information content (AvgIpc) is 2.36. The molecule has 1 nitrogen and oxygen atoms in total. The van der Waals surface area contributed by atoms with Crippen molar-refractivity contribution >= 4 is 6.29 Å². The third kappa shape index (κ3) is 4.20. The van der Waals surface area contributed by atoms with Crippen LogP contribution in [0.15, 0.2) is 47.6 Å². The zero-order chi connectivity index (χ0) is 14.5.